The molecule has 0 bridgehead atoms. The Kier molecular flexibility index (Phi) is 5.41. The lowest BCUT2D eigenvalue weighted by Crippen LogP contribution is -2.28. The second kappa shape index (κ2) is 6.59. The van der Waals surface area contributed by atoms with Gasteiger partial charge in [0.25, 0.3) is 0 Å². The Morgan fingerprint density at radius 1 is 1.35 bits per heavy atom. The van der Waals surface area contributed by atoms with E-state index >= 15 is 0 Å². The van der Waals surface area contributed by atoms with Gasteiger partial charge in [0, 0.05) is 11.4 Å². The number of benzene rings is 1. The molecule has 1 amide bonds. The zero-order chi connectivity index (χ0) is 12.8. The summed E-state index contributed by atoms with van der Waals surface area (Å²) >= 11 is 1.18. The number of amides is 1. The van der Waals surface area contributed by atoms with Crippen molar-refractivity contribution in [1.82, 2.24) is 5.32 Å². The second-order valence-electron chi connectivity index (χ2n) is 4.06. The van der Waals surface area contributed by atoms with E-state index in [0.29, 0.717) is 17.4 Å². The molecular formula is C12H15F2NOS. The lowest BCUT2D eigenvalue weighted by Gasteiger charge is -2.07. The number of nitrogens with one attached hydrogen (secondary N) is 1. The van der Waals surface area contributed by atoms with Crippen molar-refractivity contribution in [2.75, 3.05) is 12.3 Å². The van der Waals surface area contributed by atoms with Crippen LogP contribution in [0.4, 0.5) is 8.78 Å². The second-order valence-corrected chi connectivity index (χ2v) is 5.11. The number of hydrogen-bond acceptors (Lipinski definition) is 2. The minimum atomic E-state index is -0.891. The fraction of sp³-hybridized carbons (Fsp3) is 0.417. The van der Waals surface area contributed by atoms with Crippen LogP contribution < -0.4 is 5.32 Å². The summed E-state index contributed by atoms with van der Waals surface area (Å²) in [6, 6.07) is 3.61. The van der Waals surface area contributed by atoms with Crippen molar-refractivity contribution in [2.24, 2.45) is 5.92 Å². The van der Waals surface area contributed by atoms with Crippen LogP contribution >= 0.6 is 11.8 Å². The van der Waals surface area contributed by atoms with Crippen LogP contribution in [0.2, 0.25) is 0 Å². The summed E-state index contributed by atoms with van der Waals surface area (Å²) in [5, 5.41) is 2.75. The molecule has 0 aliphatic rings. The fourth-order valence-electron chi connectivity index (χ4n) is 1.08. The Balaban J connectivity index is 2.39. The zero-order valence-corrected chi connectivity index (χ0v) is 10.6. The first kappa shape index (κ1) is 14.0. The topological polar surface area (TPSA) is 29.1 Å². The van der Waals surface area contributed by atoms with Gasteiger partial charge in [0.05, 0.1) is 5.75 Å². The summed E-state index contributed by atoms with van der Waals surface area (Å²) in [4.78, 5) is 11.9. The molecule has 1 aromatic carbocycles. The molecule has 1 N–H and O–H groups in total. The van der Waals surface area contributed by atoms with E-state index < -0.39 is 11.6 Å². The van der Waals surface area contributed by atoms with Gasteiger partial charge in [-0.15, -0.1) is 11.8 Å². The van der Waals surface area contributed by atoms with Gasteiger partial charge in [-0.2, -0.15) is 0 Å². The largest absolute Gasteiger partial charge is 0.355 e. The normalized spacial score (nSPS) is 10.6. The molecule has 0 radical (unpaired) electrons. The van der Waals surface area contributed by atoms with E-state index in [1.807, 2.05) is 13.8 Å². The van der Waals surface area contributed by atoms with Crippen LogP contribution in [-0.2, 0) is 4.79 Å². The molecule has 0 unspecified atom stereocenters. The third-order valence-corrected chi connectivity index (χ3v) is 2.96. The number of hydrogen-bond donors (Lipinski definition) is 1. The molecule has 0 heterocycles. The highest BCUT2D eigenvalue weighted by molar-refractivity contribution is 8.00. The van der Waals surface area contributed by atoms with Crippen LogP contribution in [0.15, 0.2) is 23.1 Å². The molecule has 0 aromatic heterocycles. The highest BCUT2D eigenvalue weighted by Gasteiger charge is 2.06. The van der Waals surface area contributed by atoms with Gasteiger partial charge in [0.15, 0.2) is 11.6 Å². The SMILES string of the molecule is CC(C)CNC(=O)CSc1ccc(F)c(F)c1. The van der Waals surface area contributed by atoms with Crippen molar-refractivity contribution in [3.05, 3.63) is 29.8 Å². The average molecular weight is 259 g/mol. The fourth-order valence-corrected chi connectivity index (χ4v) is 1.84. The van der Waals surface area contributed by atoms with Crippen molar-refractivity contribution in [1.29, 1.82) is 0 Å². The molecule has 17 heavy (non-hydrogen) atoms. The van der Waals surface area contributed by atoms with E-state index in [1.165, 1.54) is 17.8 Å². The third-order valence-electron chi connectivity index (χ3n) is 1.97. The lowest BCUT2D eigenvalue weighted by atomic mass is 10.2. The molecule has 0 spiro atoms. The summed E-state index contributed by atoms with van der Waals surface area (Å²) < 4.78 is 25.5. The maximum atomic E-state index is 12.9. The Labute approximate surface area is 104 Å². The Morgan fingerprint density at radius 3 is 2.65 bits per heavy atom. The molecular weight excluding hydrogens is 244 g/mol. The summed E-state index contributed by atoms with van der Waals surface area (Å²) in [6.07, 6.45) is 0. The van der Waals surface area contributed by atoms with Crippen LogP contribution in [0, 0.1) is 17.6 Å². The summed E-state index contributed by atoms with van der Waals surface area (Å²) in [7, 11) is 0. The van der Waals surface area contributed by atoms with Crippen molar-refractivity contribution < 1.29 is 13.6 Å². The van der Waals surface area contributed by atoms with E-state index in [4.69, 9.17) is 0 Å². The van der Waals surface area contributed by atoms with E-state index in [1.54, 1.807) is 0 Å². The number of thioether (sulfide) groups is 1. The minimum Gasteiger partial charge on any atom is -0.355 e. The smallest absolute Gasteiger partial charge is 0.230 e. The van der Waals surface area contributed by atoms with Gasteiger partial charge in [-0.3, -0.25) is 4.79 Å². The van der Waals surface area contributed by atoms with Crippen molar-refractivity contribution in [2.45, 2.75) is 18.7 Å². The maximum Gasteiger partial charge on any atom is 0.230 e. The first-order valence-electron chi connectivity index (χ1n) is 5.33. The van der Waals surface area contributed by atoms with E-state index in [-0.39, 0.29) is 11.7 Å². The molecule has 0 atom stereocenters. The number of halogens is 2. The number of carbonyl (C=O) groups is 1. The number of rotatable bonds is 5. The van der Waals surface area contributed by atoms with Gasteiger partial charge in [-0.25, -0.2) is 8.78 Å². The van der Waals surface area contributed by atoms with Crippen LogP contribution in [0.25, 0.3) is 0 Å². The molecule has 2 nitrogen and oxygen atoms in total. The number of carbonyl (C=O) groups excluding carboxylic acids is 1. The Bertz CT molecular complexity index is 396. The van der Waals surface area contributed by atoms with Gasteiger partial charge in [-0.05, 0) is 24.1 Å². The standard InChI is InChI=1S/C12H15F2NOS/c1-8(2)6-15-12(16)7-17-9-3-4-10(13)11(14)5-9/h3-5,8H,6-7H2,1-2H3,(H,15,16). The summed E-state index contributed by atoms with van der Waals surface area (Å²) in [5.74, 6) is -1.27. The van der Waals surface area contributed by atoms with E-state index in [0.717, 1.165) is 12.1 Å². The van der Waals surface area contributed by atoms with E-state index in [9.17, 15) is 13.6 Å². The van der Waals surface area contributed by atoms with Crippen molar-refractivity contribution in [3.63, 3.8) is 0 Å². The highest BCUT2D eigenvalue weighted by Crippen LogP contribution is 2.19. The monoisotopic (exact) mass is 259 g/mol. The molecule has 5 heteroatoms. The molecule has 0 aliphatic heterocycles. The van der Waals surface area contributed by atoms with Crippen molar-refractivity contribution in [3.8, 4) is 0 Å². The Hall–Kier alpha value is -1.10. The first-order valence-corrected chi connectivity index (χ1v) is 6.32. The summed E-state index contributed by atoms with van der Waals surface area (Å²) in [5.41, 5.74) is 0. The molecule has 0 saturated heterocycles. The van der Waals surface area contributed by atoms with Gasteiger partial charge in [-0.1, -0.05) is 13.8 Å². The van der Waals surface area contributed by atoms with E-state index in [2.05, 4.69) is 5.32 Å². The van der Waals surface area contributed by atoms with Gasteiger partial charge >= 0.3 is 0 Å². The zero-order valence-electron chi connectivity index (χ0n) is 9.80. The molecule has 0 aliphatic carbocycles. The minimum absolute atomic E-state index is 0.103. The molecule has 1 rings (SSSR count). The van der Waals surface area contributed by atoms with Crippen LogP contribution in [0.1, 0.15) is 13.8 Å². The predicted molar refractivity (Wildman–Crippen MR) is 64.9 cm³/mol. The average Bonchev–Trinajstić information content (AvgIpc) is 2.28. The Morgan fingerprint density at radius 2 is 2.06 bits per heavy atom. The quantitative estimate of drug-likeness (QED) is 0.824. The molecule has 94 valence electrons. The highest BCUT2D eigenvalue weighted by atomic mass is 32.2. The first-order chi connectivity index (χ1) is 7.99. The van der Waals surface area contributed by atoms with Crippen molar-refractivity contribution >= 4 is 17.7 Å². The molecule has 0 fully saturated rings. The van der Waals surface area contributed by atoms with Gasteiger partial charge in [0.2, 0.25) is 5.91 Å². The van der Waals surface area contributed by atoms with Gasteiger partial charge in [0.1, 0.15) is 0 Å². The van der Waals surface area contributed by atoms with Crippen LogP contribution in [0.5, 0.6) is 0 Å². The predicted octanol–water partition coefficient (Wildman–Crippen LogP) is 2.83. The molecule has 1 aromatic rings. The molecule has 0 saturated carbocycles. The van der Waals surface area contributed by atoms with Gasteiger partial charge < -0.3 is 5.32 Å². The van der Waals surface area contributed by atoms with Crippen LogP contribution in [-0.4, -0.2) is 18.2 Å². The lowest BCUT2D eigenvalue weighted by molar-refractivity contribution is -0.118. The third kappa shape index (κ3) is 5.17. The van der Waals surface area contributed by atoms with Crippen LogP contribution in [0.3, 0.4) is 0 Å². The maximum absolute atomic E-state index is 12.9. The summed E-state index contributed by atoms with van der Waals surface area (Å²) in [6.45, 7) is 4.63.